The average molecular weight is 547 g/mol. The molecule has 0 spiro atoms. The molecule has 0 radical (unpaired) electrons. The Bertz CT molecular complexity index is 1730. The van der Waals surface area contributed by atoms with E-state index in [1.165, 1.54) is 11.1 Å². The van der Waals surface area contributed by atoms with Gasteiger partial charge < -0.3 is 14.6 Å². The summed E-state index contributed by atoms with van der Waals surface area (Å²) in [7, 11) is 0. The van der Waals surface area contributed by atoms with E-state index in [1.54, 1.807) is 0 Å². The Morgan fingerprint density at radius 1 is 0.571 bits per heavy atom. The molecule has 0 aliphatic heterocycles. The number of para-hydroxylation sites is 1. The van der Waals surface area contributed by atoms with Crippen LogP contribution in [0.15, 0.2) is 151 Å². The summed E-state index contributed by atoms with van der Waals surface area (Å²) < 4.78 is 0. The molecular weight excluding hydrogens is 512 g/mol. The lowest BCUT2D eigenvalue weighted by molar-refractivity contribution is -0.109. The smallest absolute Gasteiger partial charge is 0.127 e. The van der Waals surface area contributed by atoms with E-state index in [0.717, 1.165) is 51.5 Å². The van der Waals surface area contributed by atoms with Gasteiger partial charge in [0.1, 0.15) is 6.29 Å². The van der Waals surface area contributed by atoms with Crippen molar-refractivity contribution in [2.75, 3.05) is 9.80 Å². The maximum atomic E-state index is 11.3. The van der Waals surface area contributed by atoms with E-state index < -0.39 is 0 Å². The standard InChI is InChI=1S/C39H34N2O/c1-29-8-6-12-38(26-29)40(34-10-4-3-5-11-34)36-22-16-32(17-23-36)33-18-24-37(25-19-33)41(39-13-7-9-30(2)27-39)35-20-14-31(28-42)15-21-35/h3-14,16-28,31H,15H2,1-2H3. The van der Waals surface area contributed by atoms with Crippen molar-refractivity contribution in [3.05, 3.63) is 162 Å². The molecule has 1 atom stereocenters. The highest BCUT2D eigenvalue weighted by Crippen LogP contribution is 2.37. The molecule has 6 rings (SSSR count). The molecule has 206 valence electrons. The van der Waals surface area contributed by atoms with Crippen LogP contribution in [0.3, 0.4) is 0 Å². The number of aryl methyl sites for hydroxylation is 2. The second-order valence-corrected chi connectivity index (χ2v) is 10.8. The Labute approximate surface area is 248 Å². The van der Waals surface area contributed by atoms with Crippen molar-refractivity contribution in [1.29, 1.82) is 0 Å². The van der Waals surface area contributed by atoms with Gasteiger partial charge in [-0.25, -0.2) is 0 Å². The van der Waals surface area contributed by atoms with Gasteiger partial charge in [-0.3, -0.25) is 0 Å². The molecule has 5 aromatic rings. The topological polar surface area (TPSA) is 23.6 Å². The Morgan fingerprint density at radius 2 is 1.07 bits per heavy atom. The van der Waals surface area contributed by atoms with E-state index in [-0.39, 0.29) is 5.92 Å². The first kappa shape index (κ1) is 27.0. The van der Waals surface area contributed by atoms with Crippen LogP contribution in [0.4, 0.5) is 28.4 Å². The Kier molecular flexibility index (Phi) is 7.83. The van der Waals surface area contributed by atoms with E-state index in [1.807, 2.05) is 12.1 Å². The summed E-state index contributed by atoms with van der Waals surface area (Å²) in [6.07, 6.45) is 7.94. The van der Waals surface area contributed by atoms with Crippen molar-refractivity contribution < 1.29 is 4.79 Å². The van der Waals surface area contributed by atoms with Gasteiger partial charge in [-0.05, 0) is 109 Å². The lowest BCUT2D eigenvalue weighted by atomic mass is 9.99. The highest BCUT2D eigenvalue weighted by molar-refractivity contribution is 5.79. The molecule has 1 aliphatic rings. The third-order valence-corrected chi connectivity index (χ3v) is 7.66. The van der Waals surface area contributed by atoms with Gasteiger partial charge in [-0.1, -0.05) is 78.9 Å². The second kappa shape index (κ2) is 12.2. The van der Waals surface area contributed by atoms with Gasteiger partial charge in [0.2, 0.25) is 0 Å². The number of carbonyl (C=O) groups is 1. The molecule has 1 unspecified atom stereocenters. The quantitative estimate of drug-likeness (QED) is 0.181. The fourth-order valence-electron chi connectivity index (χ4n) is 5.50. The summed E-state index contributed by atoms with van der Waals surface area (Å²) in [5, 5.41) is 0. The normalized spacial score (nSPS) is 14.2. The lowest BCUT2D eigenvalue weighted by Gasteiger charge is -2.28. The van der Waals surface area contributed by atoms with E-state index >= 15 is 0 Å². The van der Waals surface area contributed by atoms with Gasteiger partial charge in [0, 0.05) is 40.1 Å². The molecule has 0 fully saturated rings. The summed E-state index contributed by atoms with van der Waals surface area (Å²) in [6.45, 7) is 4.24. The van der Waals surface area contributed by atoms with Crippen LogP contribution in [0, 0.1) is 19.8 Å². The molecule has 0 bridgehead atoms. The average Bonchev–Trinajstić information content (AvgIpc) is 3.03. The Balaban J connectivity index is 1.31. The zero-order valence-electron chi connectivity index (χ0n) is 24.0. The van der Waals surface area contributed by atoms with Gasteiger partial charge in [0.05, 0.1) is 0 Å². The summed E-state index contributed by atoms with van der Waals surface area (Å²) >= 11 is 0. The molecule has 0 amide bonds. The predicted molar refractivity (Wildman–Crippen MR) is 176 cm³/mol. The summed E-state index contributed by atoms with van der Waals surface area (Å²) in [4.78, 5) is 15.9. The first-order chi connectivity index (χ1) is 20.6. The molecule has 0 heterocycles. The molecule has 0 saturated heterocycles. The van der Waals surface area contributed by atoms with E-state index in [2.05, 4.69) is 157 Å². The minimum atomic E-state index is -0.0535. The van der Waals surface area contributed by atoms with Crippen molar-refractivity contribution in [2.45, 2.75) is 20.3 Å². The van der Waals surface area contributed by atoms with Gasteiger partial charge in [-0.2, -0.15) is 0 Å². The zero-order chi connectivity index (χ0) is 28.9. The fraction of sp³-hybridized carbons (Fsp3) is 0.103. The third kappa shape index (κ3) is 5.82. The number of nitrogens with zero attached hydrogens (tertiary/aromatic N) is 2. The second-order valence-electron chi connectivity index (χ2n) is 10.8. The Morgan fingerprint density at radius 3 is 1.57 bits per heavy atom. The summed E-state index contributed by atoms with van der Waals surface area (Å²) in [5.74, 6) is -0.0535. The zero-order valence-corrected chi connectivity index (χ0v) is 24.0. The van der Waals surface area contributed by atoms with Crippen molar-refractivity contribution in [3.63, 3.8) is 0 Å². The lowest BCUT2D eigenvalue weighted by Crippen LogP contribution is -2.17. The molecule has 3 heteroatoms. The molecule has 0 N–H and O–H groups in total. The van der Waals surface area contributed by atoms with Crippen LogP contribution in [0.2, 0.25) is 0 Å². The van der Waals surface area contributed by atoms with E-state index in [9.17, 15) is 4.79 Å². The third-order valence-electron chi connectivity index (χ3n) is 7.66. The van der Waals surface area contributed by atoms with Crippen LogP contribution < -0.4 is 9.80 Å². The van der Waals surface area contributed by atoms with Gasteiger partial charge in [0.25, 0.3) is 0 Å². The molecule has 3 nitrogen and oxygen atoms in total. The van der Waals surface area contributed by atoms with Gasteiger partial charge in [-0.15, -0.1) is 0 Å². The minimum Gasteiger partial charge on any atom is -0.311 e. The van der Waals surface area contributed by atoms with Crippen molar-refractivity contribution in [3.8, 4) is 11.1 Å². The van der Waals surface area contributed by atoms with Crippen LogP contribution in [0.5, 0.6) is 0 Å². The first-order valence-electron chi connectivity index (χ1n) is 14.4. The molecule has 0 saturated carbocycles. The number of allylic oxidation sites excluding steroid dienone is 3. The first-order valence-corrected chi connectivity index (χ1v) is 14.4. The van der Waals surface area contributed by atoms with Crippen molar-refractivity contribution >= 4 is 34.7 Å². The molecule has 5 aromatic carbocycles. The van der Waals surface area contributed by atoms with Crippen LogP contribution in [0.25, 0.3) is 11.1 Å². The molecule has 1 aliphatic carbocycles. The Hall–Kier alpha value is -5.15. The monoisotopic (exact) mass is 546 g/mol. The number of hydrogen-bond donors (Lipinski definition) is 0. The van der Waals surface area contributed by atoms with Gasteiger partial charge in [0.15, 0.2) is 0 Å². The van der Waals surface area contributed by atoms with E-state index in [0.29, 0.717) is 6.42 Å². The minimum absolute atomic E-state index is 0.0535. The predicted octanol–water partition coefficient (Wildman–Crippen LogP) is 10.2. The molecule has 42 heavy (non-hydrogen) atoms. The highest BCUT2D eigenvalue weighted by Gasteiger charge is 2.18. The number of aldehydes is 1. The molecule has 0 aromatic heterocycles. The van der Waals surface area contributed by atoms with Crippen molar-refractivity contribution in [2.24, 2.45) is 5.92 Å². The summed E-state index contributed by atoms with van der Waals surface area (Å²) in [5.41, 5.74) is 11.4. The number of hydrogen-bond acceptors (Lipinski definition) is 3. The van der Waals surface area contributed by atoms with Gasteiger partial charge >= 0.3 is 0 Å². The summed E-state index contributed by atoms with van der Waals surface area (Å²) in [6, 6.07) is 45.1. The van der Waals surface area contributed by atoms with Crippen LogP contribution in [-0.4, -0.2) is 6.29 Å². The largest absolute Gasteiger partial charge is 0.311 e. The van der Waals surface area contributed by atoms with Crippen LogP contribution in [0.1, 0.15) is 17.5 Å². The van der Waals surface area contributed by atoms with Crippen LogP contribution in [-0.2, 0) is 4.79 Å². The fourth-order valence-corrected chi connectivity index (χ4v) is 5.50. The van der Waals surface area contributed by atoms with E-state index in [4.69, 9.17) is 0 Å². The number of benzene rings is 5. The molecular formula is C39H34N2O. The van der Waals surface area contributed by atoms with Crippen molar-refractivity contribution in [1.82, 2.24) is 0 Å². The maximum absolute atomic E-state index is 11.3. The van der Waals surface area contributed by atoms with Crippen LogP contribution >= 0.6 is 0 Å². The highest BCUT2D eigenvalue weighted by atomic mass is 16.1. The maximum Gasteiger partial charge on any atom is 0.127 e. The number of anilines is 5. The number of rotatable bonds is 8. The number of carbonyl (C=O) groups excluding carboxylic acids is 1. The SMILES string of the molecule is Cc1cccc(N(C2=CCC(C=O)C=C2)c2ccc(-c3ccc(N(c4ccccc4)c4cccc(C)c4)cc3)cc2)c1.